The van der Waals surface area contributed by atoms with Gasteiger partial charge in [-0.2, -0.15) is 0 Å². The fraction of sp³-hybridized carbons (Fsp3) is 0.296. The van der Waals surface area contributed by atoms with Crippen molar-refractivity contribution in [3.05, 3.63) is 80.4 Å². The highest BCUT2D eigenvalue weighted by atomic mass is 79.9. The number of fused-ring (bicyclic) bond motifs is 2. The SMILES string of the molecule is C=CC(=O)N1CC(CC(=O)Cn2cc(C(=O)N3CCc4c(ccc(Cl)c4Cl)C3)c3cc(Br)ccc32)C1. The Bertz CT molecular complexity index is 1410. The number of halogens is 3. The number of hydrogen-bond donors (Lipinski definition) is 0. The lowest BCUT2D eigenvalue weighted by Crippen LogP contribution is -2.50. The van der Waals surface area contributed by atoms with Gasteiger partial charge in [-0.1, -0.05) is 51.8 Å². The average molecular weight is 589 g/mol. The maximum Gasteiger partial charge on any atom is 0.256 e. The van der Waals surface area contributed by atoms with E-state index in [4.69, 9.17) is 23.2 Å². The van der Waals surface area contributed by atoms with E-state index in [9.17, 15) is 14.4 Å². The van der Waals surface area contributed by atoms with Crippen molar-refractivity contribution in [2.24, 2.45) is 5.92 Å². The summed E-state index contributed by atoms with van der Waals surface area (Å²) in [5, 5.41) is 1.88. The van der Waals surface area contributed by atoms with E-state index in [1.165, 1.54) is 6.08 Å². The van der Waals surface area contributed by atoms with Crippen molar-refractivity contribution < 1.29 is 14.4 Å². The maximum absolute atomic E-state index is 13.7. The lowest BCUT2D eigenvalue weighted by atomic mass is 9.94. The van der Waals surface area contributed by atoms with Crippen molar-refractivity contribution >= 4 is 67.6 Å². The number of carbonyl (C=O) groups is 3. The van der Waals surface area contributed by atoms with Crippen LogP contribution < -0.4 is 0 Å². The normalized spacial score (nSPS) is 15.5. The smallest absolute Gasteiger partial charge is 0.256 e. The molecule has 1 fully saturated rings. The summed E-state index contributed by atoms with van der Waals surface area (Å²) in [6.07, 6.45) is 4.11. The first-order chi connectivity index (χ1) is 17.2. The molecule has 0 bridgehead atoms. The van der Waals surface area contributed by atoms with Gasteiger partial charge in [-0.3, -0.25) is 14.4 Å². The van der Waals surface area contributed by atoms with Crippen LogP contribution >= 0.6 is 39.1 Å². The number of benzene rings is 2. The summed E-state index contributed by atoms with van der Waals surface area (Å²) in [4.78, 5) is 41.7. The Hall–Kier alpha value is -2.61. The van der Waals surface area contributed by atoms with Gasteiger partial charge in [-0.05, 0) is 47.9 Å². The van der Waals surface area contributed by atoms with Gasteiger partial charge in [0, 0.05) is 60.1 Å². The lowest BCUT2D eigenvalue weighted by Gasteiger charge is -2.38. The van der Waals surface area contributed by atoms with Crippen LogP contribution in [0.5, 0.6) is 0 Å². The predicted octanol–water partition coefficient (Wildman–Crippen LogP) is 5.51. The van der Waals surface area contributed by atoms with E-state index in [1.54, 1.807) is 17.2 Å². The fourth-order valence-electron chi connectivity index (χ4n) is 5.08. The van der Waals surface area contributed by atoms with Crippen LogP contribution in [0.15, 0.2) is 53.7 Å². The van der Waals surface area contributed by atoms with Gasteiger partial charge in [-0.15, -0.1) is 0 Å². The molecular weight excluding hydrogens is 565 g/mol. The first-order valence-corrected chi connectivity index (χ1v) is 13.3. The monoisotopic (exact) mass is 587 g/mol. The minimum atomic E-state index is -0.102. The Morgan fingerprint density at radius 2 is 1.89 bits per heavy atom. The summed E-state index contributed by atoms with van der Waals surface area (Å²) in [6, 6.07) is 9.43. The van der Waals surface area contributed by atoms with E-state index in [1.807, 2.05) is 33.7 Å². The van der Waals surface area contributed by atoms with Gasteiger partial charge >= 0.3 is 0 Å². The quantitative estimate of drug-likeness (QED) is 0.357. The molecule has 0 aliphatic carbocycles. The van der Waals surface area contributed by atoms with Gasteiger partial charge < -0.3 is 14.4 Å². The van der Waals surface area contributed by atoms with E-state index in [2.05, 4.69) is 22.5 Å². The number of Topliss-reactive ketones (excluding diaryl/α,β-unsaturated/α-hetero) is 1. The Labute approximate surface area is 227 Å². The van der Waals surface area contributed by atoms with Gasteiger partial charge in [0.25, 0.3) is 5.91 Å². The highest BCUT2D eigenvalue weighted by Crippen LogP contribution is 2.34. The Morgan fingerprint density at radius 1 is 1.11 bits per heavy atom. The summed E-state index contributed by atoms with van der Waals surface area (Å²) in [5.41, 5.74) is 3.38. The van der Waals surface area contributed by atoms with E-state index in [0.29, 0.717) is 54.6 Å². The molecule has 2 aliphatic rings. The van der Waals surface area contributed by atoms with Gasteiger partial charge in [0.15, 0.2) is 5.78 Å². The molecule has 3 aromatic rings. The number of likely N-dealkylation sites (tertiary alicyclic amines) is 1. The van der Waals surface area contributed by atoms with Crippen LogP contribution in [0.4, 0.5) is 0 Å². The second-order valence-electron chi connectivity index (χ2n) is 9.36. The zero-order valence-corrected chi connectivity index (χ0v) is 22.6. The van der Waals surface area contributed by atoms with E-state index in [-0.39, 0.29) is 30.1 Å². The van der Waals surface area contributed by atoms with Crippen molar-refractivity contribution in [3.63, 3.8) is 0 Å². The molecule has 2 amide bonds. The van der Waals surface area contributed by atoms with Crippen LogP contribution in [0.2, 0.25) is 10.0 Å². The molecule has 0 spiro atoms. The Balaban J connectivity index is 1.35. The van der Waals surface area contributed by atoms with Crippen molar-refractivity contribution in [3.8, 4) is 0 Å². The van der Waals surface area contributed by atoms with Gasteiger partial charge in [0.1, 0.15) is 0 Å². The summed E-state index contributed by atoms with van der Waals surface area (Å²) < 4.78 is 2.72. The highest BCUT2D eigenvalue weighted by molar-refractivity contribution is 9.10. The third-order valence-corrected chi connectivity index (χ3v) is 8.29. The molecule has 2 aromatic carbocycles. The summed E-state index contributed by atoms with van der Waals surface area (Å²) >= 11 is 16.1. The number of ketones is 1. The molecule has 6 nitrogen and oxygen atoms in total. The zero-order chi connectivity index (χ0) is 25.6. The molecule has 1 saturated heterocycles. The van der Waals surface area contributed by atoms with E-state index in [0.717, 1.165) is 26.5 Å². The van der Waals surface area contributed by atoms with E-state index >= 15 is 0 Å². The number of rotatable bonds is 6. The van der Waals surface area contributed by atoms with Crippen molar-refractivity contribution in [2.75, 3.05) is 19.6 Å². The Kier molecular flexibility index (Phi) is 6.99. The number of aromatic nitrogens is 1. The number of hydrogen-bond acceptors (Lipinski definition) is 3. The molecule has 0 atom stereocenters. The number of nitrogens with zero attached hydrogens (tertiary/aromatic N) is 3. The second kappa shape index (κ2) is 10.0. The topological polar surface area (TPSA) is 62.6 Å². The third kappa shape index (κ3) is 4.72. The van der Waals surface area contributed by atoms with E-state index < -0.39 is 0 Å². The molecule has 186 valence electrons. The molecule has 2 aliphatic heterocycles. The summed E-state index contributed by atoms with van der Waals surface area (Å²) in [5.74, 6) is 0.0447. The van der Waals surface area contributed by atoms with Crippen LogP contribution in [-0.2, 0) is 29.1 Å². The van der Waals surface area contributed by atoms with Crippen LogP contribution in [0, 0.1) is 5.92 Å². The molecule has 0 N–H and O–H groups in total. The van der Waals surface area contributed by atoms with Gasteiger partial charge in [0.2, 0.25) is 5.91 Å². The molecule has 36 heavy (non-hydrogen) atoms. The molecule has 3 heterocycles. The van der Waals surface area contributed by atoms with Gasteiger partial charge in [0.05, 0.1) is 22.2 Å². The molecule has 0 saturated carbocycles. The minimum absolute atomic E-state index is 0.0722. The molecule has 5 rings (SSSR count). The van der Waals surface area contributed by atoms with Crippen molar-refractivity contribution in [1.82, 2.24) is 14.4 Å². The standard InChI is InChI=1S/C27H24BrCl2N3O3/c1-2-25(35)33-11-16(12-33)9-19(34)14-32-15-22(21-10-18(28)4-6-24(21)32)27(36)31-8-7-20-17(13-31)3-5-23(29)26(20)30/h2-6,10,15-16H,1,7-9,11-14H2. The molecular formula is C27H24BrCl2N3O3. The van der Waals surface area contributed by atoms with Crippen LogP contribution in [0.25, 0.3) is 10.9 Å². The summed E-state index contributed by atoms with van der Waals surface area (Å²) in [6.45, 7) is 5.81. The average Bonchev–Trinajstić information content (AvgIpc) is 3.19. The number of amides is 2. The Morgan fingerprint density at radius 3 is 2.64 bits per heavy atom. The van der Waals surface area contributed by atoms with Crippen molar-refractivity contribution in [2.45, 2.75) is 25.9 Å². The van der Waals surface area contributed by atoms with Crippen molar-refractivity contribution in [1.29, 1.82) is 0 Å². The largest absolute Gasteiger partial charge is 0.339 e. The second-order valence-corrected chi connectivity index (χ2v) is 11.1. The molecule has 9 heteroatoms. The fourth-order valence-corrected chi connectivity index (χ4v) is 5.90. The van der Waals surface area contributed by atoms with Crippen LogP contribution in [0.1, 0.15) is 27.9 Å². The first-order valence-electron chi connectivity index (χ1n) is 11.7. The van der Waals surface area contributed by atoms with Gasteiger partial charge in [-0.25, -0.2) is 0 Å². The summed E-state index contributed by atoms with van der Waals surface area (Å²) in [7, 11) is 0. The maximum atomic E-state index is 13.7. The lowest BCUT2D eigenvalue weighted by molar-refractivity contribution is -0.134. The van der Waals surface area contributed by atoms with Crippen LogP contribution in [-0.4, -0.2) is 51.6 Å². The van der Waals surface area contributed by atoms with Crippen LogP contribution in [0.3, 0.4) is 0 Å². The molecule has 0 unspecified atom stereocenters. The molecule has 0 radical (unpaired) electrons. The molecule has 1 aromatic heterocycles. The predicted molar refractivity (Wildman–Crippen MR) is 144 cm³/mol. The third-order valence-electron chi connectivity index (χ3n) is 6.95. The number of carbonyl (C=O) groups excluding carboxylic acids is 3. The minimum Gasteiger partial charge on any atom is -0.339 e. The first kappa shape index (κ1) is 25.1. The zero-order valence-electron chi connectivity index (χ0n) is 19.5. The highest BCUT2D eigenvalue weighted by Gasteiger charge is 2.31.